The van der Waals surface area contributed by atoms with Gasteiger partial charge in [-0.25, -0.2) is 0 Å². The second-order valence-corrected chi connectivity index (χ2v) is 9.35. The van der Waals surface area contributed by atoms with Gasteiger partial charge in [-0.1, -0.05) is 57.9 Å². The zero-order chi connectivity index (χ0) is 9.78. The van der Waals surface area contributed by atoms with Gasteiger partial charge in [0.25, 0.3) is 0 Å². The molecule has 0 atom stereocenters. The summed E-state index contributed by atoms with van der Waals surface area (Å²) >= 11 is 0. The van der Waals surface area contributed by atoms with E-state index in [1.54, 1.807) is 5.20 Å². The van der Waals surface area contributed by atoms with Crippen LogP contribution >= 0.6 is 0 Å². The molecule has 0 N–H and O–H groups in total. The molecule has 0 nitrogen and oxygen atoms in total. The van der Waals surface area contributed by atoms with Crippen LogP contribution < -0.4 is 0 Å². The summed E-state index contributed by atoms with van der Waals surface area (Å²) in [4.78, 5) is 0. The molecule has 0 amide bonds. The maximum absolute atomic E-state index is 4.30. The van der Waals surface area contributed by atoms with Crippen LogP contribution in [0.15, 0.2) is 11.8 Å². The van der Waals surface area contributed by atoms with Crippen LogP contribution in [0, 0.1) is 5.92 Å². The van der Waals surface area contributed by atoms with Gasteiger partial charge in [0.2, 0.25) is 0 Å². The minimum absolute atomic E-state index is 0.691. The molecule has 0 fully saturated rings. The van der Waals surface area contributed by atoms with Crippen molar-refractivity contribution in [1.29, 1.82) is 0 Å². The SMILES string of the molecule is C=C(C(C)C)[Si](CC)(CC)CC. The quantitative estimate of drug-likeness (QED) is 0.560. The number of allylic oxidation sites excluding steroid dienone is 1. The first-order chi connectivity index (χ1) is 5.54. The van der Waals surface area contributed by atoms with Crippen molar-refractivity contribution in [2.75, 3.05) is 0 Å². The van der Waals surface area contributed by atoms with Crippen molar-refractivity contribution in [3.63, 3.8) is 0 Å². The number of hydrogen-bond donors (Lipinski definition) is 0. The first-order valence-corrected chi connectivity index (χ1v) is 7.85. The molecular formula is C11H24Si. The normalized spacial score (nSPS) is 12.2. The largest absolute Gasteiger partial charge is 0.103 e. The molecule has 0 unspecified atom stereocenters. The van der Waals surface area contributed by atoms with Crippen LogP contribution in [0.25, 0.3) is 0 Å². The molecule has 0 spiro atoms. The molecule has 0 radical (unpaired) electrons. The molecule has 0 saturated heterocycles. The highest BCUT2D eigenvalue weighted by molar-refractivity contribution is 6.86. The molecule has 0 rings (SSSR count). The van der Waals surface area contributed by atoms with Crippen LogP contribution in [0.2, 0.25) is 18.1 Å². The van der Waals surface area contributed by atoms with Gasteiger partial charge in [-0.3, -0.25) is 0 Å². The molecule has 0 aliphatic heterocycles. The first kappa shape index (κ1) is 12.0. The van der Waals surface area contributed by atoms with Crippen LogP contribution in [0.5, 0.6) is 0 Å². The van der Waals surface area contributed by atoms with Crippen LogP contribution in [0.3, 0.4) is 0 Å². The highest BCUT2D eigenvalue weighted by Gasteiger charge is 2.30. The third-order valence-electron chi connectivity index (χ3n) is 3.41. The minimum atomic E-state index is -1.08. The van der Waals surface area contributed by atoms with Gasteiger partial charge in [-0.05, 0) is 5.92 Å². The predicted molar refractivity (Wildman–Crippen MR) is 61.2 cm³/mol. The average Bonchev–Trinajstić information content (AvgIpc) is 2.08. The smallest absolute Gasteiger partial charge is 0.0803 e. The predicted octanol–water partition coefficient (Wildman–Crippen LogP) is 4.25. The second kappa shape index (κ2) is 4.86. The summed E-state index contributed by atoms with van der Waals surface area (Å²) in [5, 5.41) is 1.58. The molecule has 12 heavy (non-hydrogen) atoms. The maximum Gasteiger partial charge on any atom is 0.0803 e. The lowest BCUT2D eigenvalue weighted by Gasteiger charge is -2.32. The summed E-state index contributed by atoms with van der Waals surface area (Å²) in [6, 6.07) is 4.12. The number of hydrogen-bond acceptors (Lipinski definition) is 0. The standard InChI is InChI=1S/C11H24Si/c1-7-12(8-2,9-3)11(6)10(4)5/h10H,6-9H2,1-5H3. The first-order valence-electron chi connectivity index (χ1n) is 5.23. The summed E-state index contributed by atoms with van der Waals surface area (Å²) in [7, 11) is -1.08. The summed E-state index contributed by atoms with van der Waals surface area (Å²) in [5.41, 5.74) is 0. The molecule has 0 aromatic heterocycles. The van der Waals surface area contributed by atoms with Crippen LogP contribution in [0.1, 0.15) is 34.6 Å². The molecule has 0 bridgehead atoms. The van der Waals surface area contributed by atoms with Gasteiger partial charge in [0.05, 0.1) is 8.07 Å². The molecule has 0 aliphatic rings. The summed E-state index contributed by atoms with van der Waals surface area (Å²) in [6.45, 7) is 15.9. The molecule has 0 heterocycles. The van der Waals surface area contributed by atoms with Crippen molar-refractivity contribution >= 4 is 8.07 Å². The Hall–Kier alpha value is -0.0431. The van der Waals surface area contributed by atoms with Crippen molar-refractivity contribution in [1.82, 2.24) is 0 Å². The number of rotatable bonds is 5. The molecule has 72 valence electrons. The zero-order valence-corrected chi connectivity index (χ0v) is 10.4. The molecule has 1 heteroatoms. The van der Waals surface area contributed by atoms with Crippen molar-refractivity contribution in [2.24, 2.45) is 5.92 Å². The van der Waals surface area contributed by atoms with E-state index >= 15 is 0 Å². The van der Waals surface area contributed by atoms with E-state index in [2.05, 4.69) is 41.2 Å². The Kier molecular flexibility index (Phi) is 4.84. The molecular weight excluding hydrogens is 160 g/mol. The minimum Gasteiger partial charge on any atom is -0.103 e. The van der Waals surface area contributed by atoms with Crippen LogP contribution in [-0.2, 0) is 0 Å². The van der Waals surface area contributed by atoms with Gasteiger partial charge in [-0.2, -0.15) is 0 Å². The van der Waals surface area contributed by atoms with Crippen molar-refractivity contribution in [3.05, 3.63) is 11.8 Å². The Labute approximate surface area is 79.1 Å². The lowest BCUT2D eigenvalue weighted by atomic mass is 10.2. The maximum atomic E-state index is 4.30. The van der Waals surface area contributed by atoms with Gasteiger partial charge in [0.1, 0.15) is 0 Å². The highest BCUT2D eigenvalue weighted by Crippen LogP contribution is 2.31. The fraction of sp³-hybridized carbons (Fsp3) is 0.818. The molecule has 0 aromatic carbocycles. The van der Waals surface area contributed by atoms with Crippen LogP contribution in [-0.4, -0.2) is 8.07 Å². The van der Waals surface area contributed by atoms with E-state index in [4.69, 9.17) is 0 Å². The van der Waals surface area contributed by atoms with Crippen LogP contribution in [0.4, 0.5) is 0 Å². The summed E-state index contributed by atoms with van der Waals surface area (Å²) in [6.07, 6.45) is 0. The van der Waals surface area contributed by atoms with E-state index in [1.165, 1.54) is 18.1 Å². The van der Waals surface area contributed by atoms with Crippen molar-refractivity contribution < 1.29 is 0 Å². The lowest BCUT2D eigenvalue weighted by molar-refractivity contribution is 0.798. The molecule has 0 aromatic rings. The Morgan fingerprint density at radius 1 is 1.08 bits per heavy atom. The monoisotopic (exact) mass is 184 g/mol. The summed E-state index contributed by atoms with van der Waals surface area (Å²) < 4.78 is 0. The Bertz CT molecular complexity index is 135. The van der Waals surface area contributed by atoms with Gasteiger partial charge in [0.15, 0.2) is 0 Å². The third-order valence-corrected chi connectivity index (χ3v) is 9.41. The van der Waals surface area contributed by atoms with E-state index in [-0.39, 0.29) is 0 Å². The third kappa shape index (κ3) is 2.22. The van der Waals surface area contributed by atoms with Gasteiger partial charge in [-0.15, -0.1) is 6.58 Å². The topological polar surface area (TPSA) is 0 Å². The van der Waals surface area contributed by atoms with E-state index in [9.17, 15) is 0 Å². The average molecular weight is 184 g/mol. The van der Waals surface area contributed by atoms with Crippen molar-refractivity contribution in [2.45, 2.75) is 52.8 Å². The Balaban J connectivity index is 4.59. The highest BCUT2D eigenvalue weighted by atomic mass is 28.3. The zero-order valence-electron chi connectivity index (χ0n) is 9.41. The summed E-state index contributed by atoms with van der Waals surface area (Å²) in [5.74, 6) is 0.691. The van der Waals surface area contributed by atoms with E-state index in [0.29, 0.717) is 5.92 Å². The fourth-order valence-corrected chi connectivity index (χ4v) is 6.13. The molecule has 0 aliphatic carbocycles. The Morgan fingerprint density at radius 2 is 1.42 bits per heavy atom. The van der Waals surface area contributed by atoms with E-state index in [1.807, 2.05) is 0 Å². The Morgan fingerprint density at radius 3 is 1.50 bits per heavy atom. The van der Waals surface area contributed by atoms with Gasteiger partial charge >= 0.3 is 0 Å². The van der Waals surface area contributed by atoms with E-state index in [0.717, 1.165) is 0 Å². The van der Waals surface area contributed by atoms with E-state index < -0.39 is 8.07 Å². The second-order valence-electron chi connectivity index (χ2n) is 4.02. The van der Waals surface area contributed by atoms with Gasteiger partial charge < -0.3 is 0 Å². The lowest BCUT2D eigenvalue weighted by Crippen LogP contribution is -2.36. The molecule has 0 saturated carbocycles. The fourth-order valence-electron chi connectivity index (χ4n) is 2.04. The van der Waals surface area contributed by atoms with Crippen molar-refractivity contribution in [3.8, 4) is 0 Å². The van der Waals surface area contributed by atoms with Gasteiger partial charge in [0, 0.05) is 0 Å².